The van der Waals surface area contributed by atoms with Crippen molar-refractivity contribution in [3.63, 3.8) is 0 Å². The van der Waals surface area contributed by atoms with Crippen LogP contribution in [0.5, 0.6) is 0 Å². The van der Waals surface area contributed by atoms with E-state index in [2.05, 4.69) is 31.1 Å². The Hall–Kier alpha value is -0.220. The van der Waals surface area contributed by atoms with E-state index in [1.807, 2.05) is 11.8 Å². The topological polar surface area (TPSA) is 33.6 Å². The molecule has 1 aliphatic carbocycles. The van der Waals surface area contributed by atoms with Crippen LogP contribution < -0.4 is 5.32 Å². The van der Waals surface area contributed by atoms with E-state index in [9.17, 15) is 0 Å². The van der Waals surface area contributed by atoms with Crippen LogP contribution in [0, 0.1) is 11.3 Å². The van der Waals surface area contributed by atoms with E-state index >= 15 is 0 Å². The average molecular weight is 270 g/mol. The minimum absolute atomic E-state index is 0.399. The molecule has 0 amide bonds. The SMILES string of the molecule is CC(C)(C)CC1CN=C(NCCOCC2CC2)S1. The highest BCUT2D eigenvalue weighted by molar-refractivity contribution is 8.14. The monoisotopic (exact) mass is 270 g/mol. The number of nitrogens with one attached hydrogen (secondary N) is 1. The van der Waals surface area contributed by atoms with Crippen molar-refractivity contribution in [2.75, 3.05) is 26.3 Å². The second-order valence-corrected chi connectivity index (χ2v) is 7.88. The van der Waals surface area contributed by atoms with Crippen LogP contribution in [0.4, 0.5) is 0 Å². The number of thioether (sulfide) groups is 1. The first kappa shape index (κ1) is 14.2. The highest BCUT2D eigenvalue weighted by Gasteiger charge is 2.25. The summed E-state index contributed by atoms with van der Waals surface area (Å²) in [5.74, 6) is 0.861. The van der Waals surface area contributed by atoms with Crippen LogP contribution in [0.1, 0.15) is 40.0 Å². The molecule has 2 rings (SSSR count). The zero-order valence-electron chi connectivity index (χ0n) is 11.9. The average Bonchev–Trinajstić information content (AvgIpc) is 2.98. The van der Waals surface area contributed by atoms with E-state index in [1.165, 1.54) is 19.3 Å². The molecule has 1 atom stereocenters. The first-order chi connectivity index (χ1) is 8.53. The minimum Gasteiger partial charge on any atom is -0.379 e. The number of aliphatic imine (C=N–C) groups is 1. The van der Waals surface area contributed by atoms with Gasteiger partial charge in [-0.1, -0.05) is 32.5 Å². The summed E-state index contributed by atoms with van der Waals surface area (Å²) in [4.78, 5) is 4.56. The number of hydrogen-bond donors (Lipinski definition) is 1. The van der Waals surface area contributed by atoms with Gasteiger partial charge in [0.15, 0.2) is 5.17 Å². The summed E-state index contributed by atoms with van der Waals surface area (Å²) < 4.78 is 5.60. The molecule has 1 fully saturated rings. The third-order valence-electron chi connectivity index (χ3n) is 3.13. The van der Waals surface area contributed by atoms with Gasteiger partial charge in [0.25, 0.3) is 0 Å². The lowest BCUT2D eigenvalue weighted by atomic mass is 9.90. The Labute approximate surface area is 115 Å². The lowest BCUT2D eigenvalue weighted by Gasteiger charge is -2.21. The summed E-state index contributed by atoms with van der Waals surface area (Å²) in [6, 6.07) is 0. The quantitative estimate of drug-likeness (QED) is 0.754. The van der Waals surface area contributed by atoms with Crippen LogP contribution in [0.2, 0.25) is 0 Å². The molecule has 0 bridgehead atoms. The molecule has 104 valence electrons. The van der Waals surface area contributed by atoms with Gasteiger partial charge in [0.2, 0.25) is 0 Å². The van der Waals surface area contributed by atoms with E-state index < -0.39 is 0 Å². The lowest BCUT2D eigenvalue weighted by Crippen LogP contribution is -2.25. The van der Waals surface area contributed by atoms with E-state index in [1.54, 1.807) is 0 Å². The fourth-order valence-corrected chi connectivity index (χ4v) is 3.45. The van der Waals surface area contributed by atoms with Gasteiger partial charge in [-0.2, -0.15) is 0 Å². The fraction of sp³-hybridized carbons (Fsp3) is 0.929. The Morgan fingerprint density at radius 2 is 2.17 bits per heavy atom. The largest absolute Gasteiger partial charge is 0.379 e. The van der Waals surface area contributed by atoms with Gasteiger partial charge in [-0.25, -0.2) is 0 Å². The van der Waals surface area contributed by atoms with Gasteiger partial charge < -0.3 is 10.1 Å². The predicted octanol–water partition coefficient (Wildman–Crippen LogP) is 2.91. The number of nitrogens with zero attached hydrogens (tertiary/aromatic N) is 1. The highest BCUT2D eigenvalue weighted by Crippen LogP contribution is 2.31. The Morgan fingerprint density at radius 1 is 1.39 bits per heavy atom. The van der Waals surface area contributed by atoms with Crippen molar-refractivity contribution in [3.8, 4) is 0 Å². The molecule has 0 radical (unpaired) electrons. The Bertz CT molecular complexity index is 295. The van der Waals surface area contributed by atoms with Gasteiger partial charge in [0.1, 0.15) is 0 Å². The first-order valence-electron chi connectivity index (χ1n) is 7.06. The number of hydrogen-bond acceptors (Lipinski definition) is 4. The third-order valence-corrected chi connectivity index (χ3v) is 4.28. The summed E-state index contributed by atoms with van der Waals surface area (Å²) >= 11 is 1.90. The van der Waals surface area contributed by atoms with Crippen molar-refractivity contribution < 1.29 is 4.74 Å². The Kier molecular flexibility index (Phi) is 4.96. The normalized spacial score (nSPS) is 24.2. The minimum atomic E-state index is 0.399. The lowest BCUT2D eigenvalue weighted by molar-refractivity contribution is 0.129. The molecule has 2 aliphatic rings. The maximum Gasteiger partial charge on any atom is 0.157 e. The molecule has 0 aromatic rings. The molecule has 4 heteroatoms. The van der Waals surface area contributed by atoms with E-state index in [0.717, 1.165) is 37.4 Å². The standard InChI is InChI=1S/C14H26N2OS/c1-14(2,3)8-12-9-16-13(18-12)15-6-7-17-10-11-4-5-11/h11-12H,4-10H2,1-3H3,(H,15,16). The van der Waals surface area contributed by atoms with Crippen molar-refractivity contribution in [3.05, 3.63) is 0 Å². The van der Waals surface area contributed by atoms with Crippen molar-refractivity contribution in [2.24, 2.45) is 16.3 Å². The van der Waals surface area contributed by atoms with Crippen LogP contribution in [0.15, 0.2) is 4.99 Å². The van der Waals surface area contributed by atoms with Gasteiger partial charge in [-0.15, -0.1) is 0 Å². The van der Waals surface area contributed by atoms with Gasteiger partial charge in [0.05, 0.1) is 13.2 Å². The van der Waals surface area contributed by atoms with Crippen molar-refractivity contribution in [1.29, 1.82) is 0 Å². The summed E-state index contributed by atoms with van der Waals surface area (Å²) in [5, 5.41) is 5.14. The number of ether oxygens (including phenoxy) is 1. The van der Waals surface area contributed by atoms with Gasteiger partial charge in [-0.05, 0) is 30.6 Å². The van der Waals surface area contributed by atoms with Crippen molar-refractivity contribution in [1.82, 2.24) is 5.32 Å². The number of rotatable bonds is 6. The molecule has 1 unspecified atom stereocenters. The predicted molar refractivity (Wildman–Crippen MR) is 79.3 cm³/mol. The van der Waals surface area contributed by atoms with Gasteiger partial charge in [0, 0.05) is 18.4 Å². The van der Waals surface area contributed by atoms with E-state index in [4.69, 9.17) is 4.74 Å². The molecule has 0 aromatic heterocycles. The molecule has 1 saturated carbocycles. The second-order valence-electron chi connectivity index (χ2n) is 6.60. The molecular formula is C14H26N2OS. The maximum absolute atomic E-state index is 5.60. The zero-order chi connectivity index (χ0) is 13.0. The molecule has 0 saturated heterocycles. The molecule has 18 heavy (non-hydrogen) atoms. The van der Waals surface area contributed by atoms with Crippen molar-refractivity contribution >= 4 is 16.9 Å². The first-order valence-corrected chi connectivity index (χ1v) is 7.94. The summed E-state index contributed by atoms with van der Waals surface area (Å²) in [7, 11) is 0. The molecule has 1 heterocycles. The van der Waals surface area contributed by atoms with E-state index in [-0.39, 0.29) is 0 Å². The highest BCUT2D eigenvalue weighted by atomic mass is 32.2. The fourth-order valence-electron chi connectivity index (χ4n) is 2.07. The zero-order valence-corrected chi connectivity index (χ0v) is 12.7. The summed E-state index contributed by atoms with van der Waals surface area (Å²) in [6.07, 6.45) is 3.96. The molecule has 1 N–H and O–H groups in total. The molecule has 1 aliphatic heterocycles. The van der Waals surface area contributed by atoms with Crippen LogP contribution >= 0.6 is 11.8 Å². The Morgan fingerprint density at radius 3 is 2.83 bits per heavy atom. The van der Waals surface area contributed by atoms with Gasteiger partial charge >= 0.3 is 0 Å². The third kappa shape index (κ3) is 5.61. The van der Waals surface area contributed by atoms with Gasteiger partial charge in [-0.3, -0.25) is 4.99 Å². The van der Waals surface area contributed by atoms with Crippen molar-refractivity contribution in [2.45, 2.75) is 45.3 Å². The molecule has 3 nitrogen and oxygen atoms in total. The van der Waals surface area contributed by atoms with E-state index in [0.29, 0.717) is 10.7 Å². The summed E-state index contributed by atoms with van der Waals surface area (Å²) in [6.45, 7) is 10.5. The number of amidine groups is 1. The molecule has 0 aromatic carbocycles. The van der Waals surface area contributed by atoms with Crippen LogP contribution in [0.25, 0.3) is 0 Å². The smallest absolute Gasteiger partial charge is 0.157 e. The maximum atomic E-state index is 5.60. The molecular weight excluding hydrogens is 244 g/mol. The van der Waals surface area contributed by atoms with Crippen LogP contribution in [-0.4, -0.2) is 36.7 Å². The van der Waals surface area contributed by atoms with Crippen LogP contribution in [-0.2, 0) is 4.74 Å². The second kappa shape index (κ2) is 6.29. The summed E-state index contributed by atoms with van der Waals surface area (Å²) in [5.41, 5.74) is 0.399. The Balaban J connectivity index is 1.51. The molecule has 0 spiro atoms. The van der Waals surface area contributed by atoms with Crippen LogP contribution in [0.3, 0.4) is 0 Å².